The van der Waals surface area contributed by atoms with E-state index in [1.54, 1.807) is 19.1 Å². The second-order valence-electron chi connectivity index (χ2n) is 4.34. The summed E-state index contributed by atoms with van der Waals surface area (Å²) in [5, 5.41) is 9.30. The van der Waals surface area contributed by atoms with E-state index in [-0.39, 0.29) is 12.1 Å². The van der Waals surface area contributed by atoms with Gasteiger partial charge in [-0.25, -0.2) is 4.79 Å². The van der Waals surface area contributed by atoms with Crippen molar-refractivity contribution in [3.63, 3.8) is 0 Å². The number of aliphatic hydroxyl groups is 1. The molecule has 0 radical (unpaired) electrons. The van der Waals surface area contributed by atoms with Crippen LogP contribution < -0.4 is 0 Å². The number of esters is 1. The molecule has 0 aromatic heterocycles. The van der Waals surface area contributed by atoms with Crippen molar-refractivity contribution in [2.45, 2.75) is 19.6 Å². The number of hydrogen-bond acceptors (Lipinski definition) is 4. The lowest BCUT2D eigenvalue weighted by Crippen LogP contribution is -2.26. The molecular weight excluding hydrogens is 298 g/mol. The number of rotatable bonds is 5. The molecule has 0 saturated heterocycles. The molecule has 4 nitrogen and oxygen atoms in total. The van der Waals surface area contributed by atoms with E-state index in [9.17, 15) is 9.90 Å². The zero-order valence-electron chi connectivity index (χ0n) is 10.8. The number of hydrogen-bond donors (Lipinski definition) is 1. The van der Waals surface area contributed by atoms with Gasteiger partial charge in [-0.2, -0.15) is 0 Å². The molecule has 0 spiro atoms. The van der Waals surface area contributed by atoms with Crippen molar-refractivity contribution in [3.8, 4) is 0 Å². The van der Waals surface area contributed by atoms with Crippen LogP contribution in [0.3, 0.4) is 0 Å². The van der Waals surface area contributed by atoms with E-state index in [0.29, 0.717) is 18.7 Å². The van der Waals surface area contributed by atoms with Gasteiger partial charge in [0.1, 0.15) is 0 Å². The highest BCUT2D eigenvalue weighted by atomic mass is 79.9. The lowest BCUT2D eigenvalue weighted by Gasteiger charge is -2.19. The number of nitrogens with zero attached hydrogens (tertiary/aromatic N) is 1. The Kier molecular flexibility index (Phi) is 5.78. The van der Waals surface area contributed by atoms with E-state index in [4.69, 9.17) is 0 Å². The van der Waals surface area contributed by atoms with Crippen LogP contribution in [-0.4, -0.2) is 42.8 Å². The van der Waals surface area contributed by atoms with Gasteiger partial charge < -0.3 is 9.84 Å². The molecule has 1 aromatic rings. The minimum absolute atomic E-state index is 0.348. The topological polar surface area (TPSA) is 49.8 Å². The number of aliphatic hydroxyl groups excluding tert-OH is 1. The molecule has 18 heavy (non-hydrogen) atoms. The molecule has 0 saturated carbocycles. The maximum absolute atomic E-state index is 11.4. The van der Waals surface area contributed by atoms with Crippen molar-refractivity contribution in [3.05, 3.63) is 33.8 Å². The zero-order chi connectivity index (χ0) is 13.7. The summed E-state index contributed by atoms with van der Waals surface area (Å²) in [6.45, 7) is 3.06. The number of carbonyl (C=O) groups is 1. The first-order valence-corrected chi connectivity index (χ1v) is 6.46. The van der Waals surface area contributed by atoms with Crippen LogP contribution in [0.5, 0.6) is 0 Å². The number of methoxy groups -OCH3 is 1. The van der Waals surface area contributed by atoms with Gasteiger partial charge in [0.05, 0.1) is 18.8 Å². The molecule has 1 unspecified atom stereocenters. The van der Waals surface area contributed by atoms with Crippen molar-refractivity contribution < 1.29 is 14.6 Å². The Bertz CT molecular complexity index is 421. The third kappa shape index (κ3) is 4.40. The number of halogens is 1. The fourth-order valence-corrected chi connectivity index (χ4v) is 2.23. The average molecular weight is 316 g/mol. The molecule has 0 bridgehead atoms. The van der Waals surface area contributed by atoms with Gasteiger partial charge in [0.25, 0.3) is 0 Å². The van der Waals surface area contributed by atoms with Crippen LogP contribution >= 0.6 is 15.9 Å². The van der Waals surface area contributed by atoms with E-state index in [1.165, 1.54) is 7.11 Å². The Morgan fingerprint density at radius 2 is 2.22 bits per heavy atom. The van der Waals surface area contributed by atoms with Gasteiger partial charge in [-0.05, 0) is 31.7 Å². The van der Waals surface area contributed by atoms with E-state index in [2.05, 4.69) is 20.7 Å². The second-order valence-corrected chi connectivity index (χ2v) is 5.20. The van der Waals surface area contributed by atoms with Gasteiger partial charge in [-0.3, -0.25) is 4.90 Å². The first-order chi connectivity index (χ1) is 8.43. The third-order valence-electron chi connectivity index (χ3n) is 2.49. The lowest BCUT2D eigenvalue weighted by molar-refractivity contribution is 0.0600. The highest BCUT2D eigenvalue weighted by Crippen LogP contribution is 2.20. The van der Waals surface area contributed by atoms with E-state index in [0.717, 1.165) is 10.0 Å². The van der Waals surface area contributed by atoms with Crippen LogP contribution in [0, 0.1) is 0 Å². The molecule has 0 aliphatic rings. The largest absolute Gasteiger partial charge is 0.465 e. The second kappa shape index (κ2) is 6.87. The summed E-state index contributed by atoms with van der Waals surface area (Å²) in [7, 11) is 3.30. The summed E-state index contributed by atoms with van der Waals surface area (Å²) >= 11 is 3.44. The van der Waals surface area contributed by atoms with Crippen molar-refractivity contribution in [1.29, 1.82) is 0 Å². The molecule has 0 heterocycles. The molecule has 1 atom stereocenters. The molecule has 0 amide bonds. The summed E-state index contributed by atoms with van der Waals surface area (Å²) in [6.07, 6.45) is -0.358. The normalized spacial score (nSPS) is 12.6. The summed E-state index contributed by atoms with van der Waals surface area (Å²) < 4.78 is 5.53. The number of carbonyl (C=O) groups excluding carboxylic acids is 1. The minimum Gasteiger partial charge on any atom is -0.465 e. The van der Waals surface area contributed by atoms with Crippen molar-refractivity contribution in [1.82, 2.24) is 4.90 Å². The standard InChI is InChI=1S/C13H18BrNO3/c1-9(16)7-15(2)8-11-5-4-10(6-12(11)14)13(17)18-3/h4-6,9,16H,7-8H2,1-3H3. The zero-order valence-corrected chi connectivity index (χ0v) is 12.4. The molecule has 100 valence electrons. The Balaban J connectivity index is 2.76. The van der Waals surface area contributed by atoms with Gasteiger partial charge in [0.2, 0.25) is 0 Å². The number of benzene rings is 1. The number of likely N-dealkylation sites (N-methyl/N-ethyl adjacent to an activating group) is 1. The minimum atomic E-state index is -0.358. The Hall–Kier alpha value is -0.910. The van der Waals surface area contributed by atoms with E-state index < -0.39 is 0 Å². The molecule has 1 rings (SSSR count). The summed E-state index contributed by atoms with van der Waals surface area (Å²) in [4.78, 5) is 13.4. The number of ether oxygens (including phenoxy) is 1. The predicted octanol–water partition coefficient (Wildman–Crippen LogP) is 2.05. The highest BCUT2D eigenvalue weighted by Gasteiger charge is 2.10. The summed E-state index contributed by atoms with van der Waals surface area (Å²) in [6, 6.07) is 5.37. The monoisotopic (exact) mass is 315 g/mol. The van der Waals surface area contributed by atoms with E-state index in [1.807, 2.05) is 18.0 Å². The molecule has 0 fully saturated rings. The molecule has 0 aliphatic carbocycles. The Labute approximate surface area is 116 Å². The quantitative estimate of drug-likeness (QED) is 0.845. The van der Waals surface area contributed by atoms with E-state index >= 15 is 0 Å². The Morgan fingerprint density at radius 3 is 2.72 bits per heavy atom. The fourth-order valence-electron chi connectivity index (χ4n) is 1.73. The Morgan fingerprint density at radius 1 is 1.56 bits per heavy atom. The smallest absolute Gasteiger partial charge is 0.337 e. The molecule has 1 N–H and O–H groups in total. The third-order valence-corrected chi connectivity index (χ3v) is 3.23. The first kappa shape index (κ1) is 15.1. The van der Waals surface area contributed by atoms with Gasteiger partial charge in [-0.15, -0.1) is 0 Å². The first-order valence-electron chi connectivity index (χ1n) is 5.67. The predicted molar refractivity (Wildman–Crippen MR) is 73.5 cm³/mol. The van der Waals surface area contributed by atoms with Gasteiger partial charge >= 0.3 is 5.97 Å². The maximum atomic E-state index is 11.4. The van der Waals surface area contributed by atoms with Gasteiger partial charge in [-0.1, -0.05) is 22.0 Å². The van der Waals surface area contributed by atoms with Gasteiger partial charge in [0, 0.05) is 17.6 Å². The maximum Gasteiger partial charge on any atom is 0.337 e. The van der Waals surface area contributed by atoms with Gasteiger partial charge in [0.15, 0.2) is 0 Å². The summed E-state index contributed by atoms with van der Waals surface area (Å²) in [5.41, 5.74) is 1.58. The van der Waals surface area contributed by atoms with Crippen molar-refractivity contribution >= 4 is 21.9 Å². The molecule has 1 aromatic carbocycles. The van der Waals surface area contributed by atoms with Crippen LogP contribution in [0.2, 0.25) is 0 Å². The highest BCUT2D eigenvalue weighted by molar-refractivity contribution is 9.10. The molecular formula is C13H18BrNO3. The SMILES string of the molecule is COC(=O)c1ccc(CN(C)CC(C)O)c(Br)c1. The molecule has 5 heteroatoms. The average Bonchev–Trinajstić information content (AvgIpc) is 2.29. The molecule has 0 aliphatic heterocycles. The van der Waals surface area contributed by atoms with Crippen LogP contribution in [0.4, 0.5) is 0 Å². The van der Waals surface area contributed by atoms with Crippen LogP contribution in [0.15, 0.2) is 22.7 Å². The van der Waals surface area contributed by atoms with Crippen molar-refractivity contribution in [2.75, 3.05) is 20.7 Å². The summed E-state index contributed by atoms with van der Waals surface area (Å²) in [5.74, 6) is -0.348. The van der Waals surface area contributed by atoms with Crippen LogP contribution in [0.25, 0.3) is 0 Å². The fraction of sp³-hybridized carbons (Fsp3) is 0.462. The van der Waals surface area contributed by atoms with Crippen molar-refractivity contribution in [2.24, 2.45) is 0 Å². The van der Waals surface area contributed by atoms with Crippen LogP contribution in [-0.2, 0) is 11.3 Å². The van der Waals surface area contributed by atoms with Crippen LogP contribution in [0.1, 0.15) is 22.8 Å². The lowest BCUT2D eigenvalue weighted by atomic mass is 10.1.